The SMILES string of the molecule is Oc1ccc([C@@H]2NN=C(c3ccccc3O)S2)cc1. The molecule has 5 heteroatoms. The fraction of sp³-hybridized carbons (Fsp3) is 0.0714. The van der Waals surface area contributed by atoms with Crippen LogP contribution in [0.25, 0.3) is 0 Å². The molecule has 1 atom stereocenters. The number of thioether (sulfide) groups is 1. The Morgan fingerprint density at radius 2 is 1.74 bits per heavy atom. The molecule has 0 saturated carbocycles. The molecular formula is C14H12N2O2S. The lowest BCUT2D eigenvalue weighted by molar-refractivity contribution is 0.474. The first kappa shape index (κ1) is 11.9. The summed E-state index contributed by atoms with van der Waals surface area (Å²) in [7, 11) is 0. The van der Waals surface area contributed by atoms with E-state index in [1.807, 2.05) is 24.3 Å². The van der Waals surface area contributed by atoms with Crippen molar-refractivity contribution < 1.29 is 10.2 Å². The van der Waals surface area contributed by atoms with E-state index in [0.29, 0.717) is 0 Å². The molecule has 0 aromatic heterocycles. The summed E-state index contributed by atoms with van der Waals surface area (Å²) in [5, 5.41) is 24.1. The van der Waals surface area contributed by atoms with Crippen LogP contribution in [-0.2, 0) is 0 Å². The Hall–Kier alpha value is -2.14. The van der Waals surface area contributed by atoms with Crippen molar-refractivity contribution >= 4 is 16.8 Å². The number of nitrogens with zero attached hydrogens (tertiary/aromatic N) is 1. The van der Waals surface area contributed by atoms with Gasteiger partial charge in [0.05, 0.1) is 5.56 Å². The molecule has 1 aliphatic heterocycles. The van der Waals surface area contributed by atoms with Gasteiger partial charge >= 0.3 is 0 Å². The lowest BCUT2D eigenvalue weighted by Crippen LogP contribution is -2.05. The number of phenolic OH excluding ortho intramolecular Hbond substituents is 2. The van der Waals surface area contributed by atoms with E-state index in [4.69, 9.17) is 0 Å². The molecule has 0 radical (unpaired) electrons. The van der Waals surface area contributed by atoms with Crippen molar-refractivity contribution in [3.63, 3.8) is 0 Å². The van der Waals surface area contributed by atoms with Crippen molar-refractivity contribution in [3.05, 3.63) is 59.7 Å². The van der Waals surface area contributed by atoms with Crippen molar-refractivity contribution in [3.8, 4) is 11.5 Å². The highest BCUT2D eigenvalue weighted by atomic mass is 32.2. The molecule has 0 saturated heterocycles. The lowest BCUT2D eigenvalue weighted by Gasteiger charge is -2.09. The number of rotatable bonds is 2. The molecule has 0 fully saturated rings. The Bertz CT molecular complexity index is 626. The van der Waals surface area contributed by atoms with Gasteiger partial charge in [-0.15, -0.1) is 0 Å². The summed E-state index contributed by atoms with van der Waals surface area (Å²) in [6.07, 6.45) is 0. The normalized spacial score (nSPS) is 17.9. The van der Waals surface area contributed by atoms with Crippen LogP contribution in [0.2, 0.25) is 0 Å². The average molecular weight is 272 g/mol. The first-order valence-corrected chi connectivity index (χ1v) is 6.69. The number of phenols is 2. The summed E-state index contributed by atoms with van der Waals surface area (Å²) in [5.74, 6) is 0.468. The predicted octanol–water partition coefficient (Wildman–Crippen LogP) is 2.79. The van der Waals surface area contributed by atoms with Crippen molar-refractivity contribution in [2.24, 2.45) is 5.10 Å². The minimum absolute atomic E-state index is 0.00444. The predicted molar refractivity (Wildman–Crippen MR) is 76.2 cm³/mol. The van der Waals surface area contributed by atoms with Gasteiger partial charge < -0.3 is 10.2 Å². The summed E-state index contributed by atoms with van der Waals surface area (Å²) < 4.78 is 0. The quantitative estimate of drug-likeness (QED) is 0.786. The first-order valence-electron chi connectivity index (χ1n) is 5.81. The summed E-state index contributed by atoms with van der Waals surface area (Å²) >= 11 is 1.53. The third-order valence-electron chi connectivity index (χ3n) is 2.84. The average Bonchev–Trinajstić information content (AvgIpc) is 2.89. The minimum Gasteiger partial charge on any atom is -0.508 e. The summed E-state index contributed by atoms with van der Waals surface area (Å²) in [4.78, 5) is 0. The highest BCUT2D eigenvalue weighted by Gasteiger charge is 2.23. The van der Waals surface area contributed by atoms with Gasteiger partial charge in [0.2, 0.25) is 0 Å². The van der Waals surface area contributed by atoms with E-state index >= 15 is 0 Å². The van der Waals surface area contributed by atoms with E-state index in [1.165, 1.54) is 11.8 Å². The zero-order chi connectivity index (χ0) is 13.2. The zero-order valence-electron chi connectivity index (χ0n) is 9.95. The van der Waals surface area contributed by atoms with Gasteiger partial charge in [0, 0.05) is 0 Å². The van der Waals surface area contributed by atoms with Crippen LogP contribution in [0.1, 0.15) is 16.5 Å². The van der Waals surface area contributed by atoms with E-state index < -0.39 is 0 Å². The Balaban J connectivity index is 1.80. The van der Waals surface area contributed by atoms with Crippen molar-refractivity contribution in [1.82, 2.24) is 5.43 Å². The number of hydrogen-bond donors (Lipinski definition) is 3. The molecule has 0 spiro atoms. The zero-order valence-corrected chi connectivity index (χ0v) is 10.8. The van der Waals surface area contributed by atoms with Crippen LogP contribution < -0.4 is 5.43 Å². The van der Waals surface area contributed by atoms with E-state index in [0.717, 1.165) is 16.2 Å². The minimum atomic E-state index is -0.00444. The Kier molecular flexibility index (Phi) is 3.05. The second-order valence-corrected chi connectivity index (χ2v) is 5.25. The lowest BCUT2D eigenvalue weighted by atomic mass is 10.2. The summed E-state index contributed by atoms with van der Waals surface area (Å²) in [6.45, 7) is 0. The number of para-hydroxylation sites is 1. The molecule has 3 N–H and O–H groups in total. The second-order valence-electron chi connectivity index (χ2n) is 4.15. The van der Waals surface area contributed by atoms with Crippen LogP contribution in [0.3, 0.4) is 0 Å². The molecule has 96 valence electrons. The fourth-order valence-electron chi connectivity index (χ4n) is 1.85. The van der Waals surface area contributed by atoms with Gasteiger partial charge in [-0.3, -0.25) is 5.43 Å². The molecule has 1 heterocycles. The highest BCUT2D eigenvalue weighted by Crippen LogP contribution is 2.36. The van der Waals surface area contributed by atoms with Gasteiger partial charge in [0.15, 0.2) is 0 Å². The fourth-order valence-corrected chi connectivity index (χ4v) is 2.88. The van der Waals surface area contributed by atoms with Gasteiger partial charge in [-0.05, 0) is 29.8 Å². The Morgan fingerprint density at radius 1 is 1.00 bits per heavy atom. The van der Waals surface area contributed by atoms with Crippen LogP contribution >= 0.6 is 11.8 Å². The Morgan fingerprint density at radius 3 is 2.47 bits per heavy atom. The molecule has 0 aliphatic carbocycles. The van der Waals surface area contributed by atoms with Gasteiger partial charge in [-0.1, -0.05) is 36.0 Å². The highest BCUT2D eigenvalue weighted by molar-refractivity contribution is 8.14. The largest absolute Gasteiger partial charge is 0.508 e. The maximum Gasteiger partial charge on any atom is 0.129 e. The summed E-state index contributed by atoms with van der Waals surface area (Å²) in [5.41, 5.74) is 4.77. The van der Waals surface area contributed by atoms with E-state index in [-0.39, 0.29) is 16.9 Å². The molecule has 4 nitrogen and oxygen atoms in total. The molecule has 0 unspecified atom stereocenters. The molecule has 0 amide bonds. The number of nitrogens with one attached hydrogen (secondary N) is 1. The smallest absolute Gasteiger partial charge is 0.129 e. The molecule has 2 aromatic rings. The molecule has 19 heavy (non-hydrogen) atoms. The number of benzene rings is 2. The van der Waals surface area contributed by atoms with Crippen LogP contribution in [0.15, 0.2) is 53.6 Å². The van der Waals surface area contributed by atoms with Crippen LogP contribution in [0.4, 0.5) is 0 Å². The molecule has 3 rings (SSSR count). The third-order valence-corrected chi connectivity index (χ3v) is 3.99. The summed E-state index contributed by atoms with van der Waals surface area (Å²) in [6, 6.07) is 14.1. The van der Waals surface area contributed by atoms with Crippen molar-refractivity contribution in [2.75, 3.05) is 0 Å². The first-order chi connectivity index (χ1) is 9.24. The topological polar surface area (TPSA) is 64.8 Å². The van der Waals surface area contributed by atoms with Gasteiger partial charge in [0.1, 0.15) is 21.9 Å². The molecule has 2 aromatic carbocycles. The van der Waals surface area contributed by atoms with Gasteiger partial charge in [0.25, 0.3) is 0 Å². The number of hydrogen-bond acceptors (Lipinski definition) is 5. The van der Waals surface area contributed by atoms with Crippen LogP contribution in [0.5, 0.6) is 11.5 Å². The van der Waals surface area contributed by atoms with E-state index in [2.05, 4.69) is 10.5 Å². The molecule has 0 bridgehead atoms. The van der Waals surface area contributed by atoms with Crippen molar-refractivity contribution in [1.29, 1.82) is 0 Å². The van der Waals surface area contributed by atoms with Gasteiger partial charge in [-0.25, -0.2) is 0 Å². The van der Waals surface area contributed by atoms with E-state index in [1.54, 1.807) is 24.3 Å². The monoisotopic (exact) mass is 272 g/mol. The molecular weight excluding hydrogens is 260 g/mol. The Labute approximate surface area is 114 Å². The second kappa shape index (κ2) is 4.85. The number of aromatic hydroxyl groups is 2. The standard InChI is InChI=1S/C14H12N2O2S/c17-10-7-5-9(6-8-10)13-15-16-14(19-13)11-3-1-2-4-12(11)18/h1-8,13,15,17-18H/t13-/m1/s1. The maximum atomic E-state index is 9.81. The van der Waals surface area contributed by atoms with E-state index in [9.17, 15) is 10.2 Å². The maximum absolute atomic E-state index is 9.81. The molecule has 1 aliphatic rings. The number of hydrazone groups is 1. The van der Waals surface area contributed by atoms with Crippen LogP contribution in [-0.4, -0.2) is 15.3 Å². The van der Waals surface area contributed by atoms with Crippen molar-refractivity contribution in [2.45, 2.75) is 5.37 Å². The van der Waals surface area contributed by atoms with Crippen LogP contribution in [0, 0.1) is 0 Å². The van der Waals surface area contributed by atoms with Gasteiger partial charge in [-0.2, -0.15) is 5.10 Å². The third kappa shape index (κ3) is 2.37.